The first kappa shape index (κ1) is 17.0. The molecule has 7 nitrogen and oxygen atoms in total. The molecule has 23 heavy (non-hydrogen) atoms. The molecule has 1 aromatic carbocycles. The van der Waals surface area contributed by atoms with Crippen LogP contribution in [0.25, 0.3) is 0 Å². The Hall–Kier alpha value is -2.41. The lowest BCUT2D eigenvalue weighted by Crippen LogP contribution is -2.41. The minimum atomic E-state index is -1.06. The van der Waals surface area contributed by atoms with Crippen LogP contribution in [-0.4, -0.2) is 47.3 Å². The molecule has 1 heterocycles. The van der Waals surface area contributed by atoms with E-state index in [1.54, 1.807) is 12.1 Å². The summed E-state index contributed by atoms with van der Waals surface area (Å²) in [6, 6.07) is 5.45. The summed E-state index contributed by atoms with van der Waals surface area (Å²) in [5, 5.41) is 2.93. The van der Waals surface area contributed by atoms with Gasteiger partial charge in [0.15, 0.2) is 12.4 Å². The van der Waals surface area contributed by atoms with E-state index in [-0.39, 0.29) is 0 Å². The van der Waals surface area contributed by atoms with Gasteiger partial charge < -0.3 is 10.1 Å². The molecule has 1 aliphatic heterocycles. The number of carbonyl (C=O) groups excluding carboxylic acids is 4. The van der Waals surface area contributed by atoms with Crippen molar-refractivity contribution in [3.63, 3.8) is 0 Å². The zero-order valence-electron chi connectivity index (χ0n) is 12.6. The number of hydrogen-bond acceptors (Lipinski definition) is 5. The van der Waals surface area contributed by atoms with E-state index in [2.05, 4.69) is 5.32 Å². The zero-order valence-corrected chi connectivity index (χ0v) is 13.3. The fraction of sp³-hybridized carbons (Fsp3) is 0.333. The Morgan fingerprint density at radius 3 is 2.35 bits per heavy atom. The minimum absolute atomic E-state index is 0.346. The SMILES string of the molecule is CC1(C)NC(=O)N(CC(=O)OCC(=O)c2ccc(Cl)cc2)C1=O. The van der Waals surface area contributed by atoms with Crippen LogP contribution in [0.1, 0.15) is 24.2 Å². The van der Waals surface area contributed by atoms with Gasteiger partial charge in [0.25, 0.3) is 5.91 Å². The smallest absolute Gasteiger partial charge is 0.326 e. The zero-order chi connectivity index (χ0) is 17.2. The number of esters is 1. The number of imide groups is 1. The summed E-state index contributed by atoms with van der Waals surface area (Å²) in [6.07, 6.45) is 0. The van der Waals surface area contributed by atoms with Crippen LogP contribution in [-0.2, 0) is 14.3 Å². The van der Waals surface area contributed by atoms with E-state index in [0.717, 1.165) is 4.90 Å². The summed E-state index contributed by atoms with van der Waals surface area (Å²) < 4.78 is 4.82. The van der Waals surface area contributed by atoms with Crippen LogP contribution >= 0.6 is 11.6 Å². The standard InChI is InChI=1S/C15H15ClN2O5/c1-15(2)13(21)18(14(22)17-15)7-12(20)23-8-11(19)9-3-5-10(16)6-4-9/h3-6H,7-8H2,1-2H3,(H,17,22). The summed E-state index contributed by atoms with van der Waals surface area (Å²) in [4.78, 5) is 47.9. The number of urea groups is 1. The maximum Gasteiger partial charge on any atom is 0.326 e. The first-order valence-corrected chi connectivity index (χ1v) is 7.17. The lowest BCUT2D eigenvalue weighted by Gasteiger charge is -2.15. The van der Waals surface area contributed by atoms with Crippen LogP contribution in [0.4, 0.5) is 4.79 Å². The van der Waals surface area contributed by atoms with Crippen molar-refractivity contribution in [1.82, 2.24) is 10.2 Å². The highest BCUT2D eigenvalue weighted by Gasteiger charge is 2.45. The number of hydrogen-bond donors (Lipinski definition) is 1. The average Bonchev–Trinajstić information content (AvgIpc) is 2.67. The number of amides is 3. The Kier molecular flexibility index (Phi) is 4.70. The highest BCUT2D eigenvalue weighted by atomic mass is 35.5. The highest BCUT2D eigenvalue weighted by Crippen LogP contribution is 2.16. The molecule has 1 aliphatic rings. The molecular formula is C15H15ClN2O5. The second kappa shape index (κ2) is 6.37. The highest BCUT2D eigenvalue weighted by molar-refractivity contribution is 6.30. The minimum Gasteiger partial charge on any atom is -0.456 e. The third-order valence-corrected chi connectivity index (χ3v) is 3.51. The van der Waals surface area contributed by atoms with Gasteiger partial charge in [0.05, 0.1) is 0 Å². The molecule has 8 heteroatoms. The molecule has 0 aliphatic carbocycles. The lowest BCUT2D eigenvalue weighted by molar-refractivity contribution is -0.146. The molecule has 0 radical (unpaired) electrons. The molecule has 2 rings (SSSR count). The van der Waals surface area contributed by atoms with Gasteiger partial charge >= 0.3 is 12.0 Å². The molecular weight excluding hydrogens is 324 g/mol. The van der Waals surface area contributed by atoms with Crippen LogP contribution in [0.5, 0.6) is 0 Å². The third kappa shape index (κ3) is 3.87. The molecule has 1 saturated heterocycles. The van der Waals surface area contributed by atoms with Crippen molar-refractivity contribution >= 4 is 35.3 Å². The average molecular weight is 339 g/mol. The van der Waals surface area contributed by atoms with Crippen LogP contribution in [0, 0.1) is 0 Å². The van der Waals surface area contributed by atoms with Crippen molar-refractivity contribution in [2.75, 3.05) is 13.2 Å². The molecule has 0 atom stereocenters. The number of halogens is 1. The number of nitrogens with zero attached hydrogens (tertiary/aromatic N) is 1. The Bertz CT molecular complexity index is 669. The summed E-state index contributed by atoms with van der Waals surface area (Å²) >= 11 is 5.72. The largest absolute Gasteiger partial charge is 0.456 e. The van der Waals surface area contributed by atoms with E-state index in [0.29, 0.717) is 10.6 Å². The molecule has 1 fully saturated rings. The lowest BCUT2D eigenvalue weighted by atomic mass is 10.1. The molecule has 0 aromatic heterocycles. The third-order valence-electron chi connectivity index (χ3n) is 3.26. The van der Waals surface area contributed by atoms with Gasteiger partial charge in [-0.3, -0.25) is 19.3 Å². The van der Waals surface area contributed by atoms with E-state index in [4.69, 9.17) is 16.3 Å². The van der Waals surface area contributed by atoms with E-state index < -0.39 is 42.4 Å². The fourth-order valence-electron chi connectivity index (χ4n) is 2.00. The molecule has 3 amide bonds. The van der Waals surface area contributed by atoms with Gasteiger partial charge in [-0.05, 0) is 38.1 Å². The number of benzene rings is 1. The Balaban J connectivity index is 1.88. The number of ether oxygens (including phenoxy) is 1. The van der Waals surface area contributed by atoms with Crippen molar-refractivity contribution in [3.05, 3.63) is 34.9 Å². The Morgan fingerprint density at radius 1 is 1.22 bits per heavy atom. The first-order chi connectivity index (χ1) is 10.7. The summed E-state index contributed by atoms with van der Waals surface area (Å²) in [5.41, 5.74) is -0.713. The van der Waals surface area contributed by atoms with Crippen molar-refractivity contribution < 1.29 is 23.9 Å². The van der Waals surface area contributed by atoms with E-state index in [1.807, 2.05) is 0 Å². The number of carbonyl (C=O) groups is 4. The second-order valence-corrected chi connectivity index (χ2v) is 5.97. The fourth-order valence-corrected chi connectivity index (χ4v) is 2.13. The van der Waals surface area contributed by atoms with Gasteiger partial charge in [-0.25, -0.2) is 4.79 Å². The predicted molar refractivity (Wildman–Crippen MR) is 81.1 cm³/mol. The summed E-state index contributed by atoms with van der Waals surface area (Å²) in [7, 11) is 0. The van der Waals surface area contributed by atoms with Crippen LogP contribution in [0.3, 0.4) is 0 Å². The summed E-state index contributed by atoms with van der Waals surface area (Å²) in [6.45, 7) is 2.04. The van der Waals surface area contributed by atoms with E-state index in [1.165, 1.54) is 26.0 Å². The Morgan fingerprint density at radius 2 is 1.83 bits per heavy atom. The van der Waals surface area contributed by atoms with Gasteiger partial charge in [-0.2, -0.15) is 0 Å². The van der Waals surface area contributed by atoms with Crippen molar-refractivity contribution in [2.24, 2.45) is 0 Å². The quantitative estimate of drug-likeness (QED) is 0.497. The van der Waals surface area contributed by atoms with Gasteiger partial charge in [0, 0.05) is 10.6 Å². The number of rotatable bonds is 5. The van der Waals surface area contributed by atoms with Gasteiger partial charge in [0.1, 0.15) is 12.1 Å². The van der Waals surface area contributed by atoms with E-state index in [9.17, 15) is 19.2 Å². The molecule has 0 unspecified atom stereocenters. The number of Topliss-reactive ketones (excluding diaryl/α,β-unsaturated/α-hetero) is 1. The van der Waals surface area contributed by atoms with Crippen molar-refractivity contribution in [3.8, 4) is 0 Å². The van der Waals surface area contributed by atoms with Crippen LogP contribution < -0.4 is 5.32 Å². The van der Waals surface area contributed by atoms with Gasteiger partial charge in [-0.15, -0.1) is 0 Å². The van der Waals surface area contributed by atoms with Crippen LogP contribution in [0.15, 0.2) is 24.3 Å². The van der Waals surface area contributed by atoms with Crippen LogP contribution in [0.2, 0.25) is 5.02 Å². The van der Waals surface area contributed by atoms with Gasteiger partial charge in [0.2, 0.25) is 0 Å². The summed E-state index contributed by atoms with van der Waals surface area (Å²) in [5.74, 6) is -1.77. The molecule has 0 spiro atoms. The van der Waals surface area contributed by atoms with Crippen molar-refractivity contribution in [1.29, 1.82) is 0 Å². The first-order valence-electron chi connectivity index (χ1n) is 6.79. The number of ketones is 1. The Labute approximate surface area is 137 Å². The van der Waals surface area contributed by atoms with Crippen molar-refractivity contribution in [2.45, 2.75) is 19.4 Å². The predicted octanol–water partition coefficient (Wildman–Crippen LogP) is 1.40. The molecule has 0 saturated carbocycles. The maximum atomic E-state index is 11.9. The maximum absolute atomic E-state index is 11.9. The molecule has 1 N–H and O–H groups in total. The normalized spacial score (nSPS) is 16.2. The second-order valence-electron chi connectivity index (χ2n) is 5.54. The van der Waals surface area contributed by atoms with Gasteiger partial charge in [-0.1, -0.05) is 11.6 Å². The monoisotopic (exact) mass is 338 g/mol. The number of nitrogens with one attached hydrogen (secondary N) is 1. The molecule has 122 valence electrons. The molecule has 0 bridgehead atoms. The molecule has 1 aromatic rings. The van der Waals surface area contributed by atoms with E-state index >= 15 is 0 Å². The topological polar surface area (TPSA) is 92.8 Å².